The van der Waals surface area contributed by atoms with Crippen molar-refractivity contribution in [3.8, 4) is 0 Å². The Kier molecular flexibility index (Phi) is 5.22. The Bertz CT molecular complexity index is 202. The zero-order chi connectivity index (χ0) is 12.2. The summed E-state index contributed by atoms with van der Waals surface area (Å²) in [7, 11) is 1.77. The summed E-state index contributed by atoms with van der Waals surface area (Å²) in [5.41, 5.74) is 6.02. The number of hydrogen-bond acceptors (Lipinski definition) is 3. The van der Waals surface area contributed by atoms with E-state index in [0.717, 1.165) is 32.2 Å². The van der Waals surface area contributed by atoms with Crippen LogP contribution < -0.4 is 5.73 Å². The molecule has 1 aliphatic carbocycles. The van der Waals surface area contributed by atoms with Crippen LogP contribution in [0.1, 0.15) is 33.6 Å². The third-order valence-electron chi connectivity index (χ3n) is 3.65. The van der Waals surface area contributed by atoms with Gasteiger partial charge in [0.1, 0.15) is 0 Å². The van der Waals surface area contributed by atoms with Gasteiger partial charge in [-0.05, 0) is 37.6 Å². The van der Waals surface area contributed by atoms with Gasteiger partial charge in [0.15, 0.2) is 0 Å². The van der Waals surface area contributed by atoms with Gasteiger partial charge in [-0.1, -0.05) is 13.8 Å². The Labute approximate surface area is 100 Å². The van der Waals surface area contributed by atoms with Gasteiger partial charge in [-0.3, -0.25) is 4.90 Å². The molecule has 0 radical (unpaired) electrons. The average molecular weight is 228 g/mol. The maximum absolute atomic E-state index is 5.82. The lowest BCUT2D eigenvalue weighted by molar-refractivity contribution is 0.0858. The van der Waals surface area contributed by atoms with Crippen LogP contribution in [0.2, 0.25) is 0 Å². The fourth-order valence-corrected chi connectivity index (χ4v) is 2.13. The van der Waals surface area contributed by atoms with Crippen LogP contribution in [-0.2, 0) is 4.74 Å². The highest BCUT2D eigenvalue weighted by Crippen LogP contribution is 2.35. The molecule has 0 aromatic rings. The molecule has 0 amide bonds. The summed E-state index contributed by atoms with van der Waals surface area (Å²) in [5, 5.41) is 0. The first kappa shape index (κ1) is 13.9. The summed E-state index contributed by atoms with van der Waals surface area (Å²) < 4.78 is 5.20. The molecule has 16 heavy (non-hydrogen) atoms. The Hall–Kier alpha value is -0.120. The monoisotopic (exact) mass is 228 g/mol. The van der Waals surface area contributed by atoms with Crippen molar-refractivity contribution in [2.75, 3.05) is 33.4 Å². The maximum atomic E-state index is 5.82. The molecule has 0 aromatic carbocycles. The molecule has 1 saturated carbocycles. The van der Waals surface area contributed by atoms with Gasteiger partial charge in [0.25, 0.3) is 0 Å². The zero-order valence-electron chi connectivity index (χ0n) is 11.3. The second kappa shape index (κ2) is 5.99. The average Bonchev–Trinajstić information content (AvgIpc) is 3.07. The molecule has 0 bridgehead atoms. The van der Waals surface area contributed by atoms with E-state index in [4.69, 9.17) is 10.5 Å². The second-order valence-corrected chi connectivity index (χ2v) is 5.91. The zero-order valence-corrected chi connectivity index (χ0v) is 11.3. The van der Waals surface area contributed by atoms with Crippen molar-refractivity contribution in [3.63, 3.8) is 0 Å². The molecule has 96 valence electrons. The minimum atomic E-state index is 0.205. The van der Waals surface area contributed by atoms with E-state index >= 15 is 0 Å². The van der Waals surface area contributed by atoms with Crippen LogP contribution >= 0.6 is 0 Å². The normalized spacial score (nSPS) is 19.1. The van der Waals surface area contributed by atoms with Crippen molar-refractivity contribution < 1.29 is 4.74 Å². The molecule has 3 nitrogen and oxygen atoms in total. The lowest BCUT2D eigenvalue weighted by Gasteiger charge is -2.36. The second-order valence-electron chi connectivity index (χ2n) is 5.91. The first-order chi connectivity index (χ1) is 7.50. The van der Waals surface area contributed by atoms with Crippen LogP contribution in [0.15, 0.2) is 0 Å². The topological polar surface area (TPSA) is 38.5 Å². The van der Waals surface area contributed by atoms with E-state index in [1.54, 1.807) is 7.11 Å². The SMILES string of the molecule is COCCN(CC(C)(C)CN)C(C)C1CC1. The van der Waals surface area contributed by atoms with Crippen LogP contribution in [0, 0.1) is 11.3 Å². The predicted molar refractivity (Wildman–Crippen MR) is 68.5 cm³/mol. The number of rotatable bonds is 8. The third-order valence-corrected chi connectivity index (χ3v) is 3.65. The molecule has 1 fully saturated rings. The molecule has 2 N–H and O–H groups in total. The number of ether oxygens (including phenoxy) is 1. The molecule has 0 saturated heterocycles. The fourth-order valence-electron chi connectivity index (χ4n) is 2.13. The van der Waals surface area contributed by atoms with E-state index in [9.17, 15) is 0 Å². The lowest BCUT2D eigenvalue weighted by Crippen LogP contribution is -2.45. The van der Waals surface area contributed by atoms with E-state index in [-0.39, 0.29) is 5.41 Å². The van der Waals surface area contributed by atoms with Crippen LogP contribution in [0.25, 0.3) is 0 Å². The van der Waals surface area contributed by atoms with E-state index in [1.807, 2.05) is 0 Å². The van der Waals surface area contributed by atoms with Gasteiger partial charge in [-0.25, -0.2) is 0 Å². The number of hydrogen-bond donors (Lipinski definition) is 1. The smallest absolute Gasteiger partial charge is 0.0589 e. The fraction of sp³-hybridized carbons (Fsp3) is 1.00. The summed E-state index contributed by atoms with van der Waals surface area (Å²) in [6.45, 7) is 10.5. The summed E-state index contributed by atoms with van der Waals surface area (Å²) in [6, 6.07) is 0.681. The van der Waals surface area contributed by atoms with Crippen molar-refractivity contribution in [2.45, 2.75) is 39.7 Å². The molecule has 3 heteroatoms. The summed E-state index contributed by atoms with van der Waals surface area (Å²) in [4.78, 5) is 2.55. The first-order valence-corrected chi connectivity index (χ1v) is 6.43. The molecule has 1 aliphatic rings. The summed E-state index contributed by atoms with van der Waals surface area (Å²) in [6.07, 6.45) is 2.79. The molecule has 1 unspecified atom stereocenters. The molecule has 0 aromatic heterocycles. The number of nitrogens with two attached hydrogens (primary N) is 1. The van der Waals surface area contributed by atoms with Crippen LogP contribution in [0.4, 0.5) is 0 Å². The van der Waals surface area contributed by atoms with Crippen molar-refractivity contribution in [3.05, 3.63) is 0 Å². The van der Waals surface area contributed by atoms with Crippen molar-refractivity contribution in [2.24, 2.45) is 17.1 Å². The van der Waals surface area contributed by atoms with Crippen molar-refractivity contribution in [1.29, 1.82) is 0 Å². The Morgan fingerprint density at radius 2 is 2.06 bits per heavy atom. The predicted octanol–water partition coefficient (Wildman–Crippen LogP) is 1.72. The molecule has 0 heterocycles. The third kappa shape index (κ3) is 4.40. The molecule has 1 rings (SSSR count). The van der Waals surface area contributed by atoms with Gasteiger partial charge in [-0.15, -0.1) is 0 Å². The number of nitrogens with zero attached hydrogens (tertiary/aromatic N) is 1. The van der Waals surface area contributed by atoms with Gasteiger partial charge < -0.3 is 10.5 Å². The standard InChI is InChI=1S/C13H28N2O/c1-11(12-5-6-12)15(7-8-16-4)10-13(2,3)9-14/h11-12H,5-10,14H2,1-4H3. The van der Waals surface area contributed by atoms with Gasteiger partial charge in [0, 0.05) is 26.2 Å². The minimum absolute atomic E-state index is 0.205. The maximum Gasteiger partial charge on any atom is 0.0589 e. The van der Waals surface area contributed by atoms with Crippen LogP contribution in [0.5, 0.6) is 0 Å². The van der Waals surface area contributed by atoms with Crippen molar-refractivity contribution >= 4 is 0 Å². The molecule has 0 spiro atoms. The Morgan fingerprint density at radius 3 is 2.50 bits per heavy atom. The summed E-state index contributed by atoms with van der Waals surface area (Å²) >= 11 is 0. The van der Waals surface area contributed by atoms with Crippen LogP contribution in [0.3, 0.4) is 0 Å². The minimum Gasteiger partial charge on any atom is -0.383 e. The Balaban J connectivity index is 2.48. The summed E-state index contributed by atoms with van der Waals surface area (Å²) in [5.74, 6) is 0.908. The van der Waals surface area contributed by atoms with E-state index in [0.29, 0.717) is 6.04 Å². The number of methoxy groups -OCH3 is 1. The van der Waals surface area contributed by atoms with E-state index in [2.05, 4.69) is 25.7 Å². The highest BCUT2D eigenvalue weighted by molar-refractivity contribution is 4.87. The van der Waals surface area contributed by atoms with Crippen molar-refractivity contribution in [1.82, 2.24) is 4.90 Å². The highest BCUT2D eigenvalue weighted by atomic mass is 16.5. The Morgan fingerprint density at radius 1 is 1.44 bits per heavy atom. The quantitative estimate of drug-likeness (QED) is 0.687. The highest BCUT2D eigenvalue weighted by Gasteiger charge is 2.33. The molecule has 1 atom stereocenters. The lowest BCUT2D eigenvalue weighted by atomic mass is 9.92. The van der Waals surface area contributed by atoms with Gasteiger partial charge in [0.2, 0.25) is 0 Å². The van der Waals surface area contributed by atoms with Crippen LogP contribution in [-0.4, -0.2) is 44.3 Å². The first-order valence-electron chi connectivity index (χ1n) is 6.43. The molecular weight excluding hydrogens is 200 g/mol. The largest absolute Gasteiger partial charge is 0.383 e. The molecular formula is C13H28N2O. The van der Waals surface area contributed by atoms with E-state index < -0.39 is 0 Å². The van der Waals surface area contributed by atoms with Gasteiger partial charge >= 0.3 is 0 Å². The van der Waals surface area contributed by atoms with E-state index in [1.165, 1.54) is 12.8 Å². The van der Waals surface area contributed by atoms with Gasteiger partial charge in [0.05, 0.1) is 6.61 Å². The molecule has 0 aliphatic heterocycles. The van der Waals surface area contributed by atoms with Gasteiger partial charge in [-0.2, -0.15) is 0 Å².